The number of nitrogens with two attached hydrogens (primary N) is 1. The number of benzene rings is 1. The number of unbranched alkanes of at least 4 members (excludes halogenated alkanes) is 1. The highest BCUT2D eigenvalue weighted by atomic mass is 35.5. The molecule has 0 aliphatic heterocycles. The number of pyridine rings is 1. The molecule has 1 aliphatic carbocycles. The van der Waals surface area contributed by atoms with Crippen LogP contribution in [0.1, 0.15) is 55.7 Å². The summed E-state index contributed by atoms with van der Waals surface area (Å²) in [6.07, 6.45) is 5.16. The Morgan fingerprint density at radius 3 is 2.59 bits per heavy atom. The summed E-state index contributed by atoms with van der Waals surface area (Å²) in [5, 5.41) is 1.59. The predicted octanol–water partition coefficient (Wildman–Crippen LogP) is 5.11. The highest BCUT2D eigenvalue weighted by Crippen LogP contribution is 2.43. The molecule has 0 saturated heterocycles. The summed E-state index contributed by atoms with van der Waals surface area (Å²) in [4.78, 5) is 26.9. The van der Waals surface area contributed by atoms with Crippen molar-refractivity contribution in [1.82, 2.24) is 4.98 Å². The lowest BCUT2D eigenvalue weighted by molar-refractivity contribution is -0.118. The molecule has 1 amide bonds. The Hall–Kier alpha value is -1.43. The summed E-state index contributed by atoms with van der Waals surface area (Å²) in [7, 11) is 0. The van der Waals surface area contributed by atoms with E-state index in [9.17, 15) is 9.59 Å². The van der Waals surface area contributed by atoms with Crippen LogP contribution < -0.4 is 11.3 Å². The smallest absolute Gasteiger partial charge is 0.266 e. The SMILES string of the molecule is NC(=O)CCCCC(c1ccc(SC2CC2)c(Cl)c1)c1ccc(Cl)c(=O)[nH]1. The molecule has 1 unspecified atom stereocenters. The third kappa shape index (κ3) is 5.77. The third-order valence-corrected chi connectivity index (χ3v) is 6.74. The molecule has 1 aromatic carbocycles. The van der Waals surface area contributed by atoms with Crippen LogP contribution in [0.5, 0.6) is 0 Å². The summed E-state index contributed by atoms with van der Waals surface area (Å²) in [5.74, 6) is -0.323. The molecule has 0 spiro atoms. The van der Waals surface area contributed by atoms with Gasteiger partial charge in [0.25, 0.3) is 5.56 Å². The Bertz CT molecular complexity index is 881. The molecular formula is C20H22Cl2N2O2S. The predicted molar refractivity (Wildman–Crippen MR) is 112 cm³/mol. The average molecular weight is 425 g/mol. The molecule has 27 heavy (non-hydrogen) atoms. The summed E-state index contributed by atoms with van der Waals surface area (Å²) < 4.78 is 0. The first-order valence-electron chi connectivity index (χ1n) is 9.07. The van der Waals surface area contributed by atoms with Gasteiger partial charge < -0.3 is 10.7 Å². The van der Waals surface area contributed by atoms with Crippen LogP contribution in [0.2, 0.25) is 10.0 Å². The molecule has 1 heterocycles. The van der Waals surface area contributed by atoms with Gasteiger partial charge in [0.2, 0.25) is 5.91 Å². The number of thioether (sulfide) groups is 1. The molecule has 1 aliphatic rings. The van der Waals surface area contributed by atoms with E-state index in [4.69, 9.17) is 28.9 Å². The Balaban J connectivity index is 1.83. The summed E-state index contributed by atoms with van der Waals surface area (Å²) in [6.45, 7) is 0. The van der Waals surface area contributed by atoms with Crippen molar-refractivity contribution in [3.63, 3.8) is 0 Å². The second kappa shape index (κ2) is 9.18. The summed E-state index contributed by atoms with van der Waals surface area (Å²) in [6, 6.07) is 9.57. The lowest BCUT2D eigenvalue weighted by Crippen LogP contribution is -2.13. The standard InChI is InChI=1S/C20H22Cl2N2O2S/c21-15-8-9-17(24-20(15)26)14(3-1-2-4-19(23)25)12-5-10-18(16(22)11-12)27-13-6-7-13/h5,8-11,13-14H,1-4,6-7H2,(H2,23,25)(H,24,26). The van der Waals surface area contributed by atoms with Crippen LogP contribution >= 0.6 is 35.0 Å². The van der Waals surface area contributed by atoms with Gasteiger partial charge in [-0.2, -0.15) is 0 Å². The van der Waals surface area contributed by atoms with Gasteiger partial charge >= 0.3 is 0 Å². The molecule has 1 saturated carbocycles. The van der Waals surface area contributed by atoms with E-state index in [0.717, 1.165) is 34.0 Å². The van der Waals surface area contributed by atoms with Gasteiger partial charge in [0, 0.05) is 28.2 Å². The largest absolute Gasteiger partial charge is 0.370 e. The van der Waals surface area contributed by atoms with Crippen molar-refractivity contribution in [3.05, 3.63) is 62.0 Å². The minimum Gasteiger partial charge on any atom is -0.370 e. The van der Waals surface area contributed by atoms with Gasteiger partial charge in [-0.25, -0.2) is 0 Å². The van der Waals surface area contributed by atoms with E-state index in [1.54, 1.807) is 6.07 Å². The number of aromatic amines is 1. The molecule has 4 nitrogen and oxygen atoms in total. The number of carbonyl (C=O) groups is 1. The van der Waals surface area contributed by atoms with Gasteiger partial charge in [0.05, 0.1) is 5.02 Å². The maximum Gasteiger partial charge on any atom is 0.266 e. The summed E-state index contributed by atoms with van der Waals surface area (Å²) >= 11 is 14.2. The number of nitrogens with one attached hydrogen (secondary N) is 1. The number of amides is 1. The number of carbonyl (C=O) groups excluding carboxylic acids is 1. The average Bonchev–Trinajstić information content (AvgIpc) is 3.43. The fourth-order valence-corrected chi connectivity index (χ4v) is 4.50. The van der Waals surface area contributed by atoms with E-state index < -0.39 is 0 Å². The Morgan fingerprint density at radius 2 is 1.96 bits per heavy atom. The molecule has 2 aromatic rings. The fourth-order valence-electron chi connectivity index (χ4n) is 3.02. The van der Waals surface area contributed by atoms with E-state index in [2.05, 4.69) is 17.1 Å². The van der Waals surface area contributed by atoms with Crippen LogP contribution in [-0.2, 0) is 4.79 Å². The van der Waals surface area contributed by atoms with Crippen LogP contribution in [0.4, 0.5) is 0 Å². The van der Waals surface area contributed by atoms with E-state index >= 15 is 0 Å². The van der Waals surface area contributed by atoms with Crippen LogP contribution in [0.25, 0.3) is 0 Å². The molecule has 1 fully saturated rings. The number of primary amides is 1. The molecule has 1 atom stereocenters. The zero-order chi connectivity index (χ0) is 19.4. The van der Waals surface area contributed by atoms with Crippen molar-refractivity contribution in [3.8, 4) is 0 Å². The molecule has 3 rings (SSSR count). The van der Waals surface area contributed by atoms with Crippen molar-refractivity contribution in [2.45, 2.75) is 54.6 Å². The number of hydrogen-bond donors (Lipinski definition) is 2. The van der Waals surface area contributed by atoms with Crippen molar-refractivity contribution < 1.29 is 4.79 Å². The van der Waals surface area contributed by atoms with Crippen LogP contribution in [0, 0.1) is 0 Å². The number of halogens is 2. The van der Waals surface area contributed by atoms with E-state index in [1.165, 1.54) is 12.8 Å². The normalized spacial score (nSPS) is 14.9. The topological polar surface area (TPSA) is 76.0 Å². The number of rotatable bonds is 9. The van der Waals surface area contributed by atoms with Gasteiger partial charge in [0.15, 0.2) is 0 Å². The van der Waals surface area contributed by atoms with Gasteiger partial charge in [-0.1, -0.05) is 35.7 Å². The number of H-pyrrole nitrogens is 1. The van der Waals surface area contributed by atoms with Gasteiger partial charge in [-0.3, -0.25) is 9.59 Å². The lowest BCUT2D eigenvalue weighted by atomic mass is 9.90. The maximum absolute atomic E-state index is 12.0. The van der Waals surface area contributed by atoms with Crippen LogP contribution in [-0.4, -0.2) is 16.1 Å². The zero-order valence-electron chi connectivity index (χ0n) is 14.8. The maximum atomic E-state index is 12.0. The first-order valence-corrected chi connectivity index (χ1v) is 10.7. The first-order chi connectivity index (χ1) is 12.9. The molecule has 144 valence electrons. The van der Waals surface area contributed by atoms with Crippen molar-refractivity contribution in [2.75, 3.05) is 0 Å². The highest BCUT2D eigenvalue weighted by molar-refractivity contribution is 8.00. The van der Waals surface area contributed by atoms with Gasteiger partial charge in [0.1, 0.15) is 5.02 Å². The van der Waals surface area contributed by atoms with E-state index in [-0.39, 0.29) is 22.4 Å². The Morgan fingerprint density at radius 1 is 1.19 bits per heavy atom. The van der Waals surface area contributed by atoms with Crippen molar-refractivity contribution in [1.29, 1.82) is 0 Å². The van der Waals surface area contributed by atoms with Crippen LogP contribution in [0.15, 0.2) is 40.0 Å². The molecule has 7 heteroatoms. The fraction of sp³-hybridized carbons (Fsp3) is 0.400. The Labute approximate surface area is 172 Å². The first kappa shape index (κ1) is 20.3. The molecular weight excluding hydrogens is 403 g/mol. The zero-order valence-corrected chi connectivity index (χ0v) is 17.2. The molecule has 3 N–H and O–H groups in total. The monoisotopic (exact) mass is 424 g/mol. The van der Waals surface area contributed by atoms with Gasteiger partial charge in [-0.15, -0.1) is 11.8 Å². The van der Waals surface area contributed by atoms with Crippen LogP contribution in [0.3, 0.4) is 0 Å². The third-order valence-electron chi connectivity index (χ3n) is 4.60. The van der Waals surface area contributed by atoms with Gasteiger partial charge in [-0.05, 0) is 55.5 Å². The minimum atomic E-state index is -0.302. The van der Waals surface area contributed by atoms with Crippen molar-refractivity contribution in [2.24, 2.45) is 5.73 Å². The highest BCUT2D eigenvalue weighted by Gasteiger charge is 2.24. The van der Waals surface area contributed by atoms with E-state index in [0.29, 0.717) is 18.1 Å². The molecule has 0 radical (unpaired) electrons. The quantitative estimate of drug-likeness (QED) is 0.548. The lowest BCUT2D eigenvalue weighted by Gasteiger charge is -2.19. The van der Waals surface area contributed by atoms with E-state index in [1.807, 2.05) is 23.9 Å². The molecule has 1 aromatic heterocycles. The Kier molecular flexibility index (Phi) is 6.90. The second-order valence-electron chi connectivity index (χ2n) is 6.86. The minimum absolute atomic E-state index is 0.0275. The summed E-state index contributed by atoms with van der Waals surface area (Å²) in [5.41, 5.74) is 6.76. The van der Waals surface area contributed by atoms with Crippen molar-refractivity contribution >= 4 is 40.9 Å². The number of aromatic nitrogens is 1. The number of hydrogen-bond acceptors (Lipinski definition) is 3. The molecule has 0 bridgehead atoms. The second-order valence-corrected chi connectivity index (χ2v) is 9.02.